The Balaban J connectivity index is 2.70. The van der Waals surface area contributed by atoms with Gasteiger partial charge in [-0.3, -0.25) is 14.9 Å². The van der Waals surface area contributed by atoms with Gasteiger partial charge in [0.05, 0.1) is 13.7 Å². The minimum atomic E-state index is -0.504. The standard InChI is InChI=1S/C10H12N2O3/c1-15-8-4-2-7(3-5-8)10(14)12-9(13)6-11/h2-5H,6,11H2,1H3,(H,12,13,14). The van der Waals surface area contributed by atoms with Gasteiger partial charge in [-0.05, 0) is 24.3 Å². The largest absolute Gasteiger partial charge is 0.497 e. The number of amides is 2. The number of carbonyl (C=O) groups is 2. The summed E-state index contributed by atoms with van der Waals surface area (Å²) >= 11 is 0. The van der Waals surface area contributed by atoms with Gasteiger partial charge in [-0.15, -0.1) is 0 Å². The van der Waals surface area contributed by atoms with E-state index >= 15 is 0 Å². The SMILES string of the molecule is COc1ccc(C(=O)NC(=O)CN)cc1. The molecule has 1 aromatic rings. The fourth-order valence-electron chi connectivity index (χ4n) is 0.992. The quantitative estimate of drug-likeness (QED) is 0.727. The van der Waals surface area contributed by atoms with Crippen molar-refractivity contribution in [3.05, 3.63) is 29.8 Å². The molecule has 0 unspecified atom stereocenters. The molecule has 0 heterocycles. The average molecular weight is 208 g/mol. The van der Waals surface area contributed by atoms with Gasteiger partial charge in [0.1, 0.15) is 5.75 Å². The molecule has 0 spiro atoms. The van der Waals surface area contributed by atoms with Gasteiger partial charge in [-0.1, -0.05) is 0 Å². The van der Waals surface area contributed by atoms with Gasteiger partial charge in [0.25, 0.3) is 5.91 Å². The molecule has 0 saturated carbocycles. The van der Waals surface area contributed by atoms with E-state index in [9.17, 15) is 9.59 Å². The van der Waals surface area contributed by atoms with E-state index in [-0.39, 0.29) is 6.54 Å². The Morgan fingerprint density at radius 1 is 1.33 bits per heavy atom. The third-order valence-electron chi connectivity index (χ3n) is 1.79. The molecule has 0 aliphatic carbocycles. The Kier molecular flexibility index (Phi) is 3.82. The van der Waals surface area contributed by atoms with Crippen LogP contribution in [0.4, 0.5) is 0 Å². The molecule has 0 bridgehead atoms. The molecule has 0 aliphatic rings. The van der Waals surface area contributed by atoms with Gasteiger partial charge in [0.2, 0.25) is 5.91 Å². The zero-order chi connectivity index (χ0) is 11.3. The van der Waals surface area contributed by atoms with E-state index in [2.05, 4.69) is 5.32 Å². The van der Waals surface area contributed by atoms with Crippen molar-refractivity contribution in [2.24, 2.45) is 5.73 Å². The summed E-state index contributed by atoms with van der Waals surface area (Å²) in [4.78, 5) is 22.2. The van der Waals surface area contributed by atoms with Crippen LogP contribution in [-0.2, 0) is 4.79 Å². The predicted molar refractivity (Wildman–Crippen MR) is 54.5 cm³/mol. The first-order valence-corrected chi connectivity index (χ1v) is 4.35. The number of ether oxygens (including phenoxy) is 1. The van der Waals surface area contributed by atoms with Crippen molar-refractivity contribution in [2.45, 2.75) is 0 Å². The fourth-order valence-corrected chi connectivity index (χ4v) is 0.992. The Morgan fingerprint density at radius 3 is 2.40 bits per heavy atom. The minimum absolute atomic E-state index is 0.206. The van der Waals surface area contributed by atoms with Gasteiger partial charge >= 0.3 is 0 Å². The number of rotatable bonds is 3. The lowest BCUT2D eigenvalue weighted by atomic mass is 10.2. The van der Waals surface area contributed by atoms with Crippen molar-refractivity contribution >= 4 is 11.8 Å². The number of hydrogen-bond donors (Lipinski definition) is 2. The van der Waals surface area contributed by atoms with Crippen LogP contribution >= 0.6 is 0 Å². The van der Waals surface area contributed by atoms with Crippen molar-refractivity contribution in [3.8, 4) is 5.75 Å². The Labute approximate surface area is 87.2 Å². The third kappa shape index (κ3) is 3.07. The highest BCUT2D eigenvalue weighted by molar-refractivity contribution is 6.05. The highest BCUT2D eigenvalue weighted by atomic mass is 16.5. The van der Waals surface area contributed by atoms with Crippen molar-refractivity contribution < 1.29 is 14.3 Å². The van der Waals surface area contributed by atoms with E-state index in [1.165, 1.54) is 7.11 Å². The van der Waals surface area contributed by atoms with E-state index in [0.29, 0.717) is 11.3 Å². The van der Waals surface area contributed by atoms with E-state index in [4.69, 9.17) is 10.5 Å². The number of imide groups is 1. The summed E-state index contributed by atoms with van der Waals surface area (Å²) in [7, 11) is 1.53. The Bertz CT molecular complexity index is 359. The molecule has 1 rings (SSSR count). The maximum atomic E-state index is 11.4. The summed E-state index contributed by atoms with van der Waals surface area (Å²) in [6, 6.07) is 6.42. The molecular weight excluding hydrogens is 196 g/mol. The number of carbonyl (C=O) groups excluding carboxylic acids is 2. The molecule has 0 saturated heterocycles. The summed E-state index contributed by atoms with van der Waals surface area (Å²) in [5, 5.41) is 2.14. The number of benzene rings is 1. The van der Waals surface area contributed by atoms with Crippen LogP contribution in [0.1, 0.15) is 10.4 Å². The molecule has 0 atom stereocenters. The molecule has 3 N–H and O–H groups in total. The minimum Gasteiger partial charge on any atom is -0.497 e. The molecule has 2 amide bonds. The van der Waals surface area contributed by atoms with Crippen LogP contribution in [0.25, 0.3) is 0 Å². The molecule has 80 valence electrons. The van der Waals surface area contributed by atoms with Crippen LogP contribution in [-0.4, -0.2) is 25.5 Å². The molecule has 0 aromatic heterocycles. The van der Waals surface area contributed by atoms with E-state index in [1.807, 2.05) is 0 Å². The second-order valence-corrected chi connectivity index (χ2v) is 2.81. The van der Waals surface area contributed by atoms with Gasteiger partial charge in [-0.25, -0.2) is 0 Å². The summed E-state index contributed by atoms with van der Waals surface area (Å²) < 4.78 is 4.93. The van der Waals surface area contributed by atoms with Gasteiger partial charge in [0.15, 0.2) is 0 Å². The molecule has 5 nitrogen and oxygen atoms in total. The maximum Gasteiger partial charge on any atom is 0.257 e. The zero-order valence-electron chi connectivity index (χ0n) is 8.32. The molecule has 5 heteroatoms. The smallest absolute Gasteiger partial charge is 0.257 e. The molecular formula is C10H12N2O3. The second kappa shape index (κ2) is 5.11. The van der Waals surface area contributed by atoms with Crippen LogP contribution in [0.5, 0.6) is 5.75 Å². The first-order valence-electron chi connectivity index (χ1n) is 4.35. The first-order chi connectivity index (χ1) is 7.17. The van der Waals surface area contributed by atoms with Crippen molar-refractivity contribution in [1.29, 1.82) is 0 Å². The maximum absolute atomic E-state index is 11.4. The molecule has 1 aromatic carbocycles. The van der Waals surface area contributed by atoms with Crippen LogP contribution in [0, 0.1) is 0 Å². The van der Waals surface area contributed by atoms with Gasteiger partial charge in [0, 0.05) is 5.56 Å². The summed E-state index contributed by atoms with van der Waals surface area (Å²) in [6.45, 7) is -0.206. The first kappa shape index (κ1) is 11.2. The summed E-state index contributed by atoms with van der Waals surface area (Å²) in [5.41, 5.74) is 5.45. The fraction of sp³-hybridized carbons (Fsp3) is 0.200. The number of methoxy groups -OCH3 is 1. The zero-order valence-corrected chi connectivity index (χ0v) is 8.32. The predicted octanol–water partition coefficient (Wildman–Crippen LogP) is -0.0897. The van der Waals surface area contributed by atoms with Crippen molar-refractivity contribution in [3.63, 3.8) is 0 Å². The van der Waals surface area contributed by atoms with Crippen LogP contribution in [0.15, 0.2) is 24.3 Å². The average Bonchev–Trinajstić information content (AvgIpc) is 2.29. The monoisotopic (exact) mass is 208 g/mol. The molecule has 0 radical (unpaired) electrons. The summed E-state index contributed by atoms with van der Waals surface area (Å²) in [6.07, 6.45) is 0. The Hall–Kier alpha value is -1.88. The highest BCUT2D eigenvalue weighted by Crippen LogP contribution is 2.10. The van der Waals surface area contributed by atoms with Crippen LogP contribution in [0.2, 0.25) is 0 Å². The number of hydrogen-bond acceptors (Lipinski definition) is 4. The van der Waals surface area contributed by atoms with Crippen molar-refractivity contribution in [2.75, 3.05) is 13.7 Å². The molecule has 0 aliphatic heterocycles. The lowest BCUT2D eigenvalue weighted by Crippen LogP contribution is -2.35. The molecule has 15 heavy (non-hydrogen) atoms. The lowest BCUT2D eigenvalue weighted by Gasteiger charge is -2.03. The second-order valence-electron chi connectivity index (χ2n) is 2.81. The van der Waals surface area contributed by atoms with E-state index < -0.39 is 11.8 Å². The third-order valence-corrected chi connectivity index (χ3v) is 1.79. The van der Waals surface area contributed by atoms with Gasteiger partial charge < -0.3 is 10.5 Å². The summed E-state index contributed by atoms with van der Waals surface area (Å²) in [5.74, 6) is -0.319. The van der Waals surface area contributed by atoms with Crippen molar-refractivity contribution in [1.82, 2.24) is 5.32 Å². The number of nitrogens with two attached hydrogens (primary N) is 1. The van der Waals surface area contributed by atoms with Crippen LogP contribution in [0.3, 0.4) is 0 Å². The normalized spacial score (nSPS) is 9.47. The van der Waals surface area contributed by atoms with Gasteiger partial charge in [-0.2, -0.15) is 0 Å². The number of nitrogens with one attached hydrogen (secondary N) is 1. The highest BCUT2D eigenvalue weighted by Gasteiger charge is 2.08. The Morgan fingerprint density at radius 2 is 1.93 bits per heavy atom. The molecule has 0 fully saturated rings. The van der Waals surface area contributed by atoms with Crippen LogP contribution < -0.4 is 15.8 Å². The van der Waals surface area contributed by atoms with E-state index in [0.717, 1.165) is 0 Å². The lowest BCUT2D eigenvalue weighted by molar-refractivity contribution is -0.118. The topological polar surface area (TPSA) is 81.4 Å². The van der Waals surface area contributed by atoms with E-state index in [1.54, 1.807) is 24.3 Å².